The molecular formula is C20H25N3O2. The molecule has 4 rings (SSSR count). The Hall–Kier alpha value is -2.14. The first-order valence-electron chi connectivity index (χ1n) is 9.20. The Bertz CT molecular complexity index is 771. The van der Waals surface area contributed by atoms with Crippen LogP contribution in [0.2, 0.25) is 0 Å². The molecule has 0 spiro atoms. The summed E-state index contributed by atoms with van der Waals surface area (Å²) in [6.07, 6.45) is 2.01. The minimum atomic E-state index is 0.0698. The van der Waals surface area contributed by atoms with Crippen LogP contribution in [0.3, 0.4) is 0 Å². The largest absolute Gasteiger partial charge is 0.378 e. The van der Waals surface area contributed by atoms with Gasteiger partial charge < -0.3 is 14.5 Å². The van der Waals surface area contributed by atoms with E-state index in [9.17, 15) is 4.79 Å². The van der Waals surface area contributed by atoms with Crippen LogP contribution in [0.15, 0.2) is 30.3 Å². The molecule has 2 aliphatic heterocycles. The fourth-order valence-electron chi connectivity index (χ4n) is 3.92. The Kier molecular flexibility index (Phi) is 4.57. The summed E-state index contributed by atoms with van der Waals surface area (Å²) in [4.78, 5) is 21.9. The molecule has 5 heteroatoms. The van der Waals surface area contributed by atoms with E-state index in [0.29, 0.717) is 13.2 Å². The topological polar surface area (TPSA) is 45.7 Å². The summed E-state index contributed by atoms with van der Waals surface area (Å²) in [6, 6.07) is 10.4. The number of rotatable bonds is 2. The van der Waals surface area contributed by atoms with Gasteiger partial charge in [0.1, 0.15) is 5.82 Å². The van der Waals surface area contributed by atoms with E-state index in [2.05, 4.69) is 36.1 Å². The number of amides is 1. The Balaban J connectivity index is 1.54. The fraction of sp³-hybridized carbons (Fsp3) is 0.500. The molecule has 0 radical (unpaired) electrons. The number of para-hydroxylation sites is 1. The van der Waals surface area contributed by atoms with Crippen LogP contribution in [0.4, 0.5) is 5.82 Å². The summed E-state index contributed by atoms with van der Waals surface area (Å²) in [7, 11) is 0. The average molecular weight is 339 g/mol. The van der Waals surface area contributed by atoms with Crippen molar-refractivity contribution in [2.45, 2.75) is 19.8 Å². The number of nitrogens with zero attached hydrogens (tertiary/aromatic N) is 3. The zero-order valence-electron chi connectivity index (χ0n) is 14.8. The van der Waals surface area contributed by atoms with E-state index >= 15 is 0 Å². The number of aryl methyl sites for hydroxylation is 1. The molecule has 132 valence electrons. The van der Waals surface area contributed by atoms with Crippen LogP contribution in [0.1, 0.15) is 18.4 Å². The third-order valence-corrected chi connectivity index (χ3v) is 5.33. The standard InChI is InChI=1S/C20H25N3O2/c1-15-13-19(21-18-7-3-2-6-17(15)18)23-8-4-5-16(14-23)20(24)22-9-11-25-12-10-22/h2-3,6-7,13,16H,4-5,8-12,14H2,1H3/t16-/m1/s1. The Morgan fingerprint density at radius 3 is 2.84 bits per heavy atom. The quantitative estimate of drug-likeness (QED) is 0.844. The van der Waals surface area contributed by atoms with Gasteiger partial charge in [0, 0.05) is 31.6 Å². The highest BCUT2D eigenvalue weighted by Gasteiger charge is 2.30. The van der Waals surface area contributed by atoms with Crippen LogP contribution in [-0.4, -0.2) is 55.2 Å². The van der Waals surface area contributed by atoms with Crippen LogP contribution in [-0.2, 0) is 9.53 Å². The van der Waals surface area contributed by atoms with Crippen LogP contribution in [0, 0.1) is 12.8 Å². The SMILES string of the molecule is Cc1cc(N2CCC[C@@H](C(=O)N3CCOCC3)C2)nc2ccccc12. The molecule has 3 heterocycles. The molecular weight excluding hydrogens is 314 g/mol. The molecule has 2 aromatic rings. The van der Waals surface area contributed by atoms with Gasteiger partial charge in [-0.2, -0.15) is 0 Å². The van der Waals surface area contributed by atoms with Crippen LogP contribution >= 0.6 is 0 Å². The molecule has 5 nitrogen and oxygen atoms in total. The normalized spacial score (nSPS) is 21.6. The first kappa shape index (κ1) is 16.3. The maximum Gasteiger partial charge on any atom is 0.227 e. The van der Waals surface area contributed by atoms with E-state index in [1.165, 1.54) is 10.9 Å². The van der Waals surface area contributed by atoms with Crippen LogP contribution in [0.5, 0.6) is 0 Å². The number of carbonyl (C=O) groups is 1. The number of hydrogen-bond donors (Lipinski definition) is 0. The van der Waals surface area contributed by atoms with Crippen molar-refractivity contribution >= 4 is 22.6 Å². The van der Waals surface area contributed by atoms with Gasteiger partial charge in [-0.05, 0) is 37.5 Å². The molecule has 2 saturated heterocycles. The number of hydrogen-bond acceptors (Lipinski definition) is 4. The Morgan fingerprint density at radius 2 is 2.00 bits per heavy atom. The van der Waals surface area contributed by atoms with Crippen molar-refractivity contribution < 1.29 is 9.53 Å². The first-order valence-corrected chi connectivity index (χ1v) is 9.20. The summed E-state index contributed by atoms with van der Waals surface area (Å²) in [5, 5.41) is 1.20. The molecule has 0 aliphatic carbocycles. The summed E-state index contributed by atoms with van der Waals surface area (Å²) in [5.74, 6) is 1.35. The van der Waals surface area contributed by atoms with E-state index in [1.54, 1.807) is 0 Å². The number of fused-ring (bicyclic) bond motifs is 1. The number of piperidine rings is 1. The van der Waals surface area contributed by atoms with E-state index in [4.69, 9.17) is 9.72 Å². The summed E-state index contributed by atoms with van der Waals surface area (Å²) in [5.41, 5.74) is 2.27. The second-order valence-corrected chi connectivity index (χ2v) is 7.04. The number of ether oxygens (including phenoxy) is 1. The van der Waals surface area contributed by atoms with Crippen molar-refractivity contribution in [3.63, 3.8) is 0 Å². The lowest BCUT2D eigenvalue weighted by Crippen LogP contribution is -2.48. The van der Waals surface area contributed by atoms with Crippen LogP contribution < -0.4 is 4.90 Å². The molecule has 0 bridgehead atoms. The average Bonchev–Trinajstić information content (AvgIpc) is 2.68. The van der Waals surface area contributed by atoms with Crippen molar-refractivity contribution in [3.05, 3.63) is 35.9 Å². The second kappa shape index (κ2) is 7.00. The number of pyridine rings is 1. The van der Waals surface area contributed by atoms with Gasteiger partial charge in [0.25, 0.3) is 0 Å². The molecule has 2 aliphatic rings. The maximum absolute atomic E-state index is 12.8. The molecule has 1 aromatic carbocycles. The van der Waals surface area contributed by atoms with Gasteiger partial charge in [0.2, 0.25) is 5.91 Å². The van der Waals surface area contributed by atoms with Crippen molar-refractivity contribution in [3.8, 4) is 0 Å². The molecule has 25 heavy (non-hydrogen) atoms. The van der Waals surface area contributed by atoms with Crippen molar-refractivity contribution in [2.24, 2.45) is 5.92 Å². The van der Waals surface area contributed by atoms with Gasteiger partial charge in [-0.25, -0.2) is 4.98 Å². The predicted octanol–water partition coefficient (Wildman–Crippen LogP) is 2.62. The number of anilines is 1. The predicted molar refractivity (Wildman–Crippen MR) is 98.8 cm³/mol. The number of carbonyl (C=O) groups excluding carboxylic acids is 1. The van der Waals surface area contributed by atoms with E-state index in [1.807, 2.05) is 11.0 Å². The first-order chi connectivity index (χ1) is 12.2. The lowest BCUT2D eigenvalue weighted by atomic mass is 9.96. The van der Waals surface area contributed by atoms with Gasteiger partial charge >= 0.3 is 0 Å². The van der Waals surface area contributed by atoms with Crippen LogP contribution in [0.25, 0.3) is 10.9 Å². The molecule has 0 saturated carbocycles. The monoisotopic (exact) mass is 339 g/mol. The molecule has 0 unspecified atom stereocenters. The number of benzene rings is 1. The van der Waals surface area contributed by atoms with Gasteiger partial charge in [-0.15, -0.1) is 0 Å². The third kappa shape index (κ3) is 3.33. The van der Waals surface area contributed by atoms with Gasteiger partial charge in [-0.1, -0.05) is 18.2 Å². The lowest BCUT2D eigenvalue weighted by molar-refractivity contribution is -0.139. The van der Waals surface area contributed by atoms with Crippen molar-refractivity contribution in [1.82, 2.24) is 9.88 Å². The Morgan fingerprint density at radius 1 is 1.20 bits per heavy atom. The minimum absolute atomic E-state index is 0.0698. The number of morpholine rings is 1. The van der Waals surface area contributed by atoms with Crippen molar-refractivity contribution in [2.75, 3.05) is 44.3 Å². The maximum atomic E-state index is 12.8. The third-order valence-electron chi connectivity index (χ3n) is 5.33. The van der Waals surface area contributed by atoms with E-state index in [0.717, 1.165) is 50.4 Å². The minimum Gasteiger partial charge on any atom is -0.378 e. The molecule has 1 aromatic heterocycles. The summed E-state index contributed by atoms with van der Waals surface area (Å²) >= 11 is 0. The zero-order chi connectivity index (χ0) is 17.2. The van der Waals surface area contributed by atoms with Gasteiger partial charge in [-0.3, -0.25) is 4.79 Å². The Labute approximate surface area is 148 Å². The fourth-order valence-corrected chi connectivity index (χ4v) is 3.92. The van der Waals surface area contributed by atoms with E-state index < -0.39 is 0 Å². The number of aromatic nitrogens is 1. The zero-order valence-corrected chi connectivity index (χ0v) is 14.8. The summed E-state index contributed by atoms with van der Waals surface area (Å²) < 4.78 is 5.37. The molecule has 2 fully saturated rings. The highest BCUT2D eigenvalue weighted by molar-refractivity contribution is 5.84. The van der Waals surface area contributed by atoms with Crippen molar-refractivity contribution in [1.29, 1.82) is 0 Å². The van der Waals surface area contributed by atoms with E-state index in [-0.39, 0.29) is 11.8 Å². The smallest absolute Gasteiger partial charge is 0.227 e. The second-order valence-electron chi connectivity index (χ2n) is 7.04. The highest BCUT2D eigenvalue weighted by atomic mass is 16.5. The van der Waals surface area contributed by atoms with Gasteiger partial charge in [0.05, 0.1) is 24.6 Å². The summed E-state index contributed by atoms with van der Waals surface area (Å²) in [6.45, 7) is 6.64. The molecule has 0 N–H and O–H groups in total. The van der Waals surface area contributed by atoms with Gasteiger partial charge in [0.15, 0.2) is 0 Å². The lowest BCUT2D eigenvalue weighted by Gasteiger charge is -2.36. The highest BCUT2D eigenvalue weighted by Crippen LogP contribution is 2.27. The molecule has 1 amide bonds. The molecule has 1 atom stereocenters.